The molecule has 2 aromatic rings. The summed E-state index contributed by atoms with van der Waals surface area (Å²) >= 11 is 0. The summed E-state index contributed by atoms with van der Waals surface area (Å²) in [6.45, 7) is 7.77. The van der Waals surface area contributed by atoms with Crippen molar-refractivity contribution in [2.45, 2.75) is 33.1 Å². The Morgan fingerprint density at radius 1 is 1.06 bits per heavy atom. The molecule has 0 aliphatic rings. The largest absolute Gasteiger partial charge is 0.490 e. The third-order valence-corrected chi connectivity index (χ3v) is 4.60. The van der Waals surface area contributed by atoms with Gasteiger partial charge in [0.1, 0.15) is 18.1 Å². The maximum Gasteiger partial charge on any atom is 0.341 e. The molecule has 0 saturated carbocycles. The Bertz CT molecular complexity index is 980. The third-order valence-electron chi connectivity index (χ3n) is 4.60. The van der Waals surface area contributed by atoms with E-state index >= 15 is 0 Å². The Balaban J connectivity index is 2.10. The molecular formula is C27H30O5. The van der Waals surface area contributed by atoms with Crippen LogP contribution in [0.5, 0.6) is 11.5 Å². The molecule has 0 unspecified atom stereocenters. The van der Waals surface area contributed by atoms with Crippen LogP contribution in [0, 0.1) is 0 Å². The van der Waals surface area contributed by atoms with Crippen molar-refractivity contribution < 1.29 is 24.2 Å². The molecule has 0 fully saturated rings. The fraction of sp³-hybridized carbons (Fsp3) is 0.259. The van der Waals surface area contributed by atoms with E-state index in [-0.39, 0.29) is 5.78 Å². The maximum absolute atomic E-state index is 12.6. The highest BCUT2D eigenvalue weighted by atomic mass is 16.5. The van der Waals surface area contributed by atoms with E-state index < -0.39 is 12.6 Å². The number of allylic oxidation sites excluding steroid dienone is 3. The first kappa shape index (κ1) is 24.7. The lowest BCUT2D eigenvalue weighted by atomic mass is 10.0. The first-order chi connectivity index (χ1) is 15.4. The van der Waals surface area contributed by atoms with Gasteiger partial charge in [0.15, 0.2) is 12.4 Å². The highest BCUT2D eigenvalue weighted by molar-refractivity contribution is 6.07. The van der Waals surface area contributed by atoms with Gasteiger partial charge in [0.05, 0.1) is 0 Å². The Hall–Kier alpha value is -3.60. The lowest BCUT2D eigenvalue weighted by Crippen LogP contribution is -2.10. The van der Waals surface area contributed by atoms with Crippen LogP contribution < -0.4 is 9.47 Å². The van der Waals surface area contributed by atoms with Gasteiger partial charge in [-0.3, -0.25) is 4.79 Å². The summed E-state index contributed by atoms with van der Waals surface area (Å²) in [6.07, 6.45) is 9.64. The Morgan fingerprint density at radius 2 is 1.81 bits per heavy atom. The van der Waals surface area contributed by atoms with E-state index in [1.807, 2.05) is 44.2 Å². The fourth-order valence-corrected chi connectivity index (χ4v) is 2.87. The topological polar surface area (TPSA) is 72.8 Å². The van der Waals surface area contributed by atoms with Crippen molar-refractivity contribution in [1.82, 2.24) is 0 Å². The van der Waals surface area contributed by atoms with E-state index in [1.54, 1.807) is 30.3 Å². The standard InChI is InChI=1S/C27H30O5/c1-4-5-6-7-21-8-9-23(26(18-21)32-19-27(29)30)12-15-25(28)22-10-13-24(14-11-22)31-17-16-20(2)3/h4,8-16,18H,1,5-7,17,19H2,2-3H3,(H,29,30). The van der Waals surface area contributed by atoms with Gasteiger partial charge in [-0.05, 0) is 87.2 Å². The van der Waals surface area contributed by atoms with Crippen LogP contribution in [-0.2, 0) is 11.2 Å². The van der Waals surface area contributed by atoms with Crippen LogP contribution >= 0.6 is 0 Å². The van der Waals surface area contributed by atoms with Crippen molar-refractivity contribution in [1.29, 1.82) is 0 Å². The van der Waals surface area contributed by atoms with Crippen LogP contribution in [0.15, 0.2) is 72.8 Å². The lowest BCUT2D eigenvalue weighted by Gasteiger charge is -2.10. The molecule has 0 heterocycles. The van der Waals surface area contributed by atoms with Crippen molar-refractivity contribution in [3.8, 4) is 11.5 Å². The highest BCUT2D eigenvalue weighted by Gasteiger charge is 2.08. The molecule has 0 bridgehead atoms. The van der Waals surface area contributed by atoms with Crippen LogP contribution in [0.2, 0.25) is 0 Å². The number of ketones is 1. The zero-order chi connectivity index (χ0) is 23.3. The minimum absolute atomic E-state index is 0.167. The lowest BCUT2D eigenvalue weighted by molar-refractivity contribution is -0.139. The van der Waals surface area contributed by atoms with E-state index in [9.17, 15) is 9.59 Å². The molecule has 0 spiro atoms. The smallest absolute Gasteiger partial charge is 0.341 e. The van der Waals surface area contributed by atoms with Crippen molar-refractivity contribution in [2.75, 3.05) is 13.2 Å². The van der Waals surface area contributed by atoms with Gasteiger partial charge in [0, 0.05) is 11.1 Å². The van der Waals surface area contributed by atoms with Crippen molar-refractivity contribution in [2.24, 2.45) is 0 Å². The Kier molecular flexibility index (Phi) is 9.98. The summed E-state index contributed by atoms with van der Waals surface area (Å²) in [5.41, 5.74) is 3.40. The van der Waals surface area contributed by atoms with Crippen LogP contribution in [0.1, 0.15) is 48.2 Å². The Morgan fingerprint density at radius 3 is 2.47 bits per heavy atom. The van der Waals surface area contributed by atoms with E-state index in [0.29, 0.717) is 29.2 Å². The number of carboxylic acid groups (broad SMARTS) is 1. The number of carbonyl (C=O) groups excluding carboxylic acids is 1. The molecule has 0 aromatic heterocycles. The van der Waals surface area contributed by atoms with Crippen LogP contribution in [-0.4, -0.2) is 30.1 Å². The zero-order valence-corrected chi connectivity index (χ0v) is 18.7. The van der Waals surface area contributed by atoms with Gasteiger partial charge in [-0.1, -0.05) is 23.8 Å². The van der Waals surface area contributed by atoms with Crippen LogP contribution in [0.25, 0.3) is 6.08 Å². The van der Waals surface area contributed by atoms with Crippen molar-refractivity contribution in [3.63, 3.8) is 0 Å². The molecular weight excluding hydrogens is 404 g/mol. The molecule has 2 aromatic carbocycles. The molecule has 1 N–H and O–H groups in total. The van der Waals surface area contributed by atoms with Crippen molar-refractivity contribution in [3.05, 3.63) is 89.5 Å². The first-order valence-electron chi connectivity index (χ1n) is 10.6. The van der Waals surface area contributed by atoms with Gasteiger partial charge >= 0.3 is 5.97 Å². The summed E-state index contributed by atoms with van der Waals surface area (Å²) in [5.74, 6) is -0.0879. The number of hydrogen-bond acceptors (Lipinski definition) is 4. The number of unbranched alkanes of at least 4 members (excludes halogenated alkanes) is 1. The molecule has 0 radical (unpaired) electrons. The fourth-order valence-electron chi connectivity index (χ4n) is 2.87. The number of hydrogen-bond donors (Lipinski definition) is 1. The van der Waals surface area contributed by atoms with Crippen molar-refractivity contribution >= 4 is 17.8 Å². The summed E-state index contributed by atoms with van der Waals surface area (Å²) in [4.78, 5) is 23.5. The minimum atomic E-state index is -1.06. The summed E-state index contributed by atoms with van der Waals surface area (Å²) < 4.78 is 11.1. The van der Waals surface area contributed by atoms with Gasteiger partial charge < -0.3 is 14.6 Å². The van der Waals surface area contributed by atoms with Gasteiger partial charge in [0.25, 0.3) is 0 Å². The second-order valence-electron chi connectivity index (χ2n) is 7.55. The number of carboxylic acids is 1. The number of benzene rings is 2. The second-order valence-corrected chi connectivity index (χ2v) is 7.55. The molecule has 0 atom stereocenters. The highest BCUT2D eigenvalue weighted by Crippen LogP contribution is 2.24. The number of rotatable bonds is 13. The zero-order valence-electron chi connectivity index (χ0n) is 18.7. The molecule has 5 heteroatoms. The Labute approximate surface area is 189 Å². The third kappa shape index (κ3) is 8.64. The van der Waals surface area contributed by atoms with Gasteiger partial charge in [-0.25, -0.2) is 4.79 Å². The average Bonchev–Trinajstić information content (AvgIpc) is 2.77. The maximum atomic E-state index is 12.6. The van der Waals surface area contributed by atoms with Gasteiger partial charge in [0.2, 0.25) is 0 Å². The van der Waals surface area contributed by atoms with E-state index in [2.05, 4.69) is 6.58 Å². The number of aliphatic carboxylic acids is 1. The van der Waals surface area contributed by atoms with Crippen LogP contribution in [0.4, 0.5) is 0 Å². The summed E-state index contributed by atoms with van der Waals surface area (Å²) in [5, 5.41) is 8.96. The van der Waals surface area contributed by atoms with E-state index in [0.717, 1.165) is 24.8 Å². The molecule has 0 saturated heterocycles. The SMILES string of the molecule is C=CCCCc1ccc(C=CC(=O)c2ccc(OCC=C(C)C)cc2)c(OCC(=O)O)c1. The van der Waals surface area contributed by atoms with E-state index in [1.165, 1.54) is 11.6 Å². The first-order valence-corrected chi connectivity index (χ1v) is 10.6. The average molecular weight is 435 g/mol. The number of aryl methyl sites for hydroxylation is 1. The number of carbonyl (C=O) groups is 2. The molecule has 0 aliphatic heterocycles. The molecule has 0 amide bonds. The molecule has 32 heavy (non-hydrogen) atoms. The second kappa shape index (κ2) is 13.0. The monoisotopic (exact) mass is 434 g/mol. The molecule has 5 nitrogen and oxygen atoms in total. The summed E-state index contributed by atoms with van der Waals surface area (Å²) in [6, 6.07) is 12.6. The molecule has 168 valence electrons. The van der Waals surface area contributed by atoms with Gasteiger partial charge in [-0.15, -0.1) is 6.58 Å². The normalized spacial score (nSPS) is 10.6. The van der Waals surface area contributed by atoms with Gasteiger partial charge in [-0.2, -0.15) is 0 Å². The predicted molar refractivity (Wildman–Crippen MR) is 127 cm³/mol. The predicted octanol–water partition coefficient (Wildman–Crippen LogP) is 5.90. The molecule has 2 rings (SSSR count). The quantitative estimate of drug-likeness (QED) is 0.184. The molecule has 0 aliphatic carbocycles. The minimum Gasteiger partial charge on any atom is -0.490 e. The summed E-state index contributed by atoms with van der Waals surface area (Å²) in [7, 11) is 0. The van der Waals surface area contributed by atoms with E-state index in [4.69, 9.17) is 14.6 Å². The number of ether oxygens (including phenoxy) is 2. The van der Waals surface area contributed by atoms with Crippen LogP contribution in [0.3, 0.4) is 0 Å².